The van der Waals surface area contributed by atoms with E-state index < -0.39 is 6.09 Å². The number of likely N-dealkylation sites (tertiary alicyclic amines) is 1. The number of nitrogens with zero attached hydrogens (tertiary/aromatic N) is 3. The number of oxime groups is 1. The van der Waals surface area contributed by atoms with E-state index in [2.05, 4.69) is 53.5 Å². The molecule has 2 N–H and O–H groups in total. The molecule has 6 heteroatoms. The number of aromatic nitrogens is 1. The normalized spacial score (nSPS) is 15.3. The van der Waals surface area contributed by atoms with E-state index >= 15 is 0 Å². The fourth-order valence-electron chi connectivity index (χ4n) is 4.37. The van der Waals surface area contributed by atoms with Crippen molar-refractivity contribution >= 4 is 11.8 Å². The van der Waals surface area contributed by atoms with Crippen molar-refractivity contribution in [2.24, 2.45) is 5.16 Å². The molecule has 1 atom stereocenters. The number of carbonyl (C=O) groups is 1. The van der Waals surface area contributed by atoms with Crippen LogP contribution < -0.4 is 0 Å². The molecule has 0 radical (unpaired) electrons. The average molecular weight is 430 g/mol. The second-order valence-corrected chi connectivity index (χ2v) is 8.40. The van der Waals surface area contributed by atoms with Gasteiger partial charge in [-0.25, -0.2) is 4.79 Å². The maximum Gasteiger partial charge on any atom is 0.407 e. The van der Waals surface area contributed by atoms with Gasteiger partial charge in [0.1, 0.15) is 0 Å². The molecule has 164 valence electrons. The summed E-state index contributed by atoms with van der Waals surface area (Å²) in [5.74, 6) is 0.257. The molecule has 1 saturated heterocycles. The molecular formula is C26H27N3O3. The van der Waals surface area contributed by atoms with Crippen LogP contribution in [0.4, 0.5) is 4.79 Å². The first-order chi connectivity index (χ1) is 15.5. The van der Waals surface area contributed by atoms with Crippen LogP contribution in [0.15, 0.2) is 72.0 Å². The summed E-state index contributed by atoms with van der Waals surface area (Å²) in [7, 11) is 0. The van der Waals surface area contributed by atoms with Crippen LogP contribution in [-0.4, -0.2) is 45.1 Å². The third kappa shape index (κ3) is 4.49. The molecule has 0 spiro atoms. The van der Waals surface area contributed by atoms with Crippen LogP contribution in [0, 0.1) is 13.8 Å². The Labute approximate surface area is 187 Å². The molecule has 6 nitrogen and oxygen atoms in total. The van der Waals surface area contributed by atoms with Gasteiger partial charge in [-0.3, -0.25) is 4.98 Å². The van der Waals surface area contributed by atoms with E-state index in [1.807, 2.05) is 31.2 Å². The second kappa shape index (κ2) is 9.22. The smallest absolute Gasteiger partial charge is 0.407 e. The van der Waals surface area contributed by atoms with Crippen molar-refractivity contribution in [3.05, 3.63) is 100 Å². The third-order valence-electron chi connectivity index (χ3n) is 6.27. The van der Waals surface area contributed by atoms with E-state index in [9.17, 15) is 10.0 Å². The van der Waals surface area contributed by atoms with E-state index in [1.165, 1.54) is 16.0 Å². The molecule has 2 heterocycles. The SMILES string of the molecule is Cc1cc(/C(CC(c2ccc(C3CN(C(=O)O)C3)cc2)c2ccccc2C)=N\O)ccn1. The Morgan fingerprint density at radius 1 is 1.12 bits per heavy atom. The topological polar surface area (TPSA) is 86.0 Å². The predicted molar refractivity (Wildman–Crippen MR) is 124 cm³/mol. The monoisotopic (exact) mass is 429 g/mol. The summed E-state index contributed by atoms with van der Waals surface area (Å²) in [5.41, 5.74) is 6.99. The number of aryl methyl sites for hydroxylation is 2. The van der Waals surface area contributed by atoms with Crippen molar-refractivity contribution in [3.8, 4) is 0 Å². The van der Waals surface area contributed by atoms with Crippen molar-refractivity contribution in [3.63, 3.8) is 0 Å². The maximum atomic E-state index is 11.1. The molecule has 1 unspecified atom stereocenters. The highest BCUT2D eigenvalue weighted by molar-refractivity contribution is 6.01. The first kappa shape index (κ1) is 21.6. The standard InChI is InChI=1S/C26H27N3O3/c1-17-5-3-4-6-23(17)24(14-25(28-32)21-11-12-27-18(2)13-21)20-9-7-19(8-10-20)22-15-29(16-22)26(30)31/h3-13,22,24,32H,14-16H2,1-2H3,(H,30,31)/b28-25-. The van der Waals surface area contributed by atoms with E-state index in [1.54, 1.807) is 6.20 Å². The minimum absolute atomic E-state index is 0.0153. The lowest BCUT2D eigenvalue weighted by Gasteiger charge is -2.37. The van der Waals surface area contributed by atoms with Crippen LogP contribution in [-0.2, 0) is 0 Å². The van der Waals surface area contributed by atoms with Crippen LogP contribution in [0.3, 0.4) is 0 Å². The molecule has 1 aliphatic rings. The molecule has 1 fully saturated rings. The lowest BCUT2D eigenvalue weighted by Crippen LogP contribution is -2.47. The first-order valence-corrected chi connectivity index (χ1v) is 10.7. The number of hydrogen-bond acceptors (Lipinski definition) is 4. The molecule has 0 aliphatic carbocycles. The average Bonchev–Trinajstić information content (AvgIpc) is 2.75. The highest BCUT2D eigenvalue weighted by Gasteiger charge is 2.31. The fraction of sp³-hybridized carbons (Fsp3) is 0.269. The van der Waals surface area contributed by atoms with Crippen LogP contribution in [0.25, 0.3) is 0 Å². The Hall–Kier alpha value is -3.67. The van der Waals surface area contributed by atoms with E-state index in [4.69, 9.17) is 5.11 Å². The third-order valence-corrected chi connectivity index (χ3v) is 6.27. The maximum absolute atomic E-state index is 11.1. The van der Waals surface area contributed by atoms with Crippen molar-refractivity contribution in [1.82, 2.24) is 9.88 Å². The van der Waals surface area contributed by atoms with Crippen LogP contribution in [0.2, 0.25) is 0 Å². The largest absolute Gasteiger partial charge is 0.465 e. The summed E-state index contributed by atoms with van der Waals surface area (Å²) >= 11 is 0. The molecular weight excluding hydrogens is 402 g/mol. The number of pyridine rings is 1. The summed E-state index contributed by atoms with van der Waals surface area (Å²) in [5, 5.41) is 22.5. The zero-order chi connectivity index (χ0) is 22.7. The van der Waals surface area contributed by atoms with Crippen LogP contribution in [0.1, 0.15) is 51.8 Å². The van der Waals surface area contributed by atoms with Crippen molar-refractivity contribution < 1.29 is 15.1 Å². The zero-order valence-corrected chi connectivity index (χ0v) is 18.3. The van der Waals surface area contributed by atoms with Gasteiger partial charge in [0.05, 0.1) is 5.71 Å². The lowest BCUT2D eigenvalue weighted by molar-refractivity contribution is 0.105. The Morgan fingerprint density at radius 3 is 2.47 bits per heavy atom. The molecule has 2 aromatic carbocycles. The Balaban J connectivity index is 1.63. The van der Waals surface area contributed by atoms with Gasteiger partial charge in [-0.05, 0) is 48.2 Å². The molecule has 0 bridgehead atoms. The molecule has 1 amide bonds. The lowest BCUT2D eigenvalue weighted by atomic mass is 9.82. The number of hydrogen-bond donors (Lipinski definition) is 2. The van der Waals surface area contributed by atoms with Crippen molar-refractivity contribution in [2.75, 3.05) is 13.1 Å². The van der Waals surface area contributed by atoms with E-state index in [0.717, 1.165) is 22.4 Å². The zero-order valence-electron chi connectivity index (χ0n) is 18.3. The van der Waals surface area contributed by atoms with Gasteiger partial charge in [0.15, 0.2) is 0 Å². The first-order valence-electron chi connectivity index (χ1n) is 10.7. The van der Waals surface area contributed by atoms with Crippen molar-refractivity contribution in [1.29, 1.82) is 0 Å². The van der Waals surface area contributed by atoms with Crippen LogP contribution >= 0.6 is 0 Å². The minimum Gasteiger partial charge on any atom is -0.465 e. The molecule has 1 aromatic heterocycles. The van der Waals surface area contributed by atoms with Gasteiger partial charge in [0.25, 0.3) is 0 Å². The van der Waals surface area contributed by atoms with Gasteiger partial charge in [0.2, 0.25) is 0 Å². The number of carboxylic acid groups (broad SMARTS) is 1. The van der Waals surface area contributed by atoms with Crippen LogP contribution in [0.5, 0.6) is 0 Å². The number of benzene rings is 2. The van der Waals surface area contributed by atoms with Crippen molar-refractivity contribution in [2.45, 2.75) is 32.1 Å². The summed E-state index contributed by atoms with van der Waals surface area (Å²) in [6.07, 6.45) is 1.41. The second-order valence-electron chi connectivity index (χ2n) is 8.40. The highest BCUT2D eigenvalue weighted by Crippen LogP contribution is 2.34. The molecule has 32 heavy (non-hydrogen) atoms. The number of rotatable bonds is 6. The molecule has 0 saturated carbocycles. The van der Waals surface area contributed by atoms with Gasteiger partial charge in [0, 0.05) is 48.8 Å². The van der Waals surface area contributed by atoms with Gasteiger partial charge < -0.3 is 15.2 Å². The molecule has 4 rings (SSSR count). The summed E-state index contributed by atoms with van der Waals surface area (Å²) in [6, 6.07) is 20.5. The Kier molecular flexibility index (Phi) is 6.21. The van der Waals surface area contributed by atoms with E-state index in [-0.39, 0.29) is 11.8 Å². The van der Waals surface area contributed by atoms with Gasteiger partial charge >= 0.3 is 6.09 Å². The number of amides is 1. The predicted octanol–water partition coefficient (Wildman–Crippen LogP) is 5.18. The van der Waals surface area contributed by atoms with Gasteiger partial charge in [-0.15, -0.1) is 0 Å². The Morgan fingerprint density at radius 2 is 1.84 bits per heavy atom. The quantitative estimate of drug-likeness (QED) is 0.321. The van der Waals surface area contributed by atoms with Gasteiger partial charge in [-0.2, -0.15) is 0 Å². The summed E-state index contributed by atoms with van der Waals surface area (Å²) in [4.78, 5) is 16.7. The Bertz CT molecular complexity index is 1140. The highest BCUT2D eigenvalue weighted by atomic mass is 16.4. The molecule has 3 aromatic rings. The minimum atomic E-state index is -0.861. The summed E-state index contributed by atoms with van der Waals surface area (Å²) in [6.45, 7) is 5.09. The molecule has 1 aliphatic heterocycles. The van der Waals surface area contributed by atoms with E-state index in [0.29, 0.717) is 25.2 Å². The summed E-state index contributed by atoms with van der Waals surface area (Å²) < 4.78 is 0. The van der Waals surface area contributed by atoms with Gasteiger partial charge in [-0.1, -0.05) is 53.7 Å². The fourth-order valence-corrected chi connectivity index (χ4v) is 4.37.